The lowest BCUT2D eigenvalue weighted by Crippen LogP contribution is -2.52. The molecular formula is C16H24N2O. The minimum atomic E-state index is -0.191. The van der Waals surface area contributed by atoms with Crippen LogP contribution < -0.4 is 10.6 Å². The third-order valence-electron chi connectivity index (χ3n) is 3.77. The fraction of sp³-hybridized carbons (Fsp3) is 0.562. The van der Waals surface area contributed by atoms with Gasteiger partial charge in [0.2, 0.25) is 0 Å². The van der Waals surface area contributed by atoms with Gasteiger partial charge >= 0.3 is 6.03 Å². The zero-order chi connectivity index (χ0) is 13.9. The summed E-state index contributed by atoms with van der Waals surface area (Å²) in [4.78, 5) is 11.9. The smallest absolute Gasteiger partial charge is 0.315 e. The predicted molar refractivity (Wildman–Crippen MR) is 78.3 cm³/mol. The van der Waals surface area contributed by atoms with Crippen LogP contribution in [0.5, 0.6) is 0 Å². The van der Waals surface area contributed by atoms with Gasteiger partial charge in [-0.25, -0.2) is 4.79 Å². The molecule has 0 unspecified atom stereocenters. The van der Waals surface area contributed by atoms with Crippen molar-refractivity contribution in [1.82, 2.24) is 10.6 Å². The Morgan fingerprint density at radius 3 is 2.32 bits per heavy atom. The van der Waals surface area contributed by atoms with Crippen LogP contribution >= 0.6 is 0 Å². The van der Waals surface area contributed by atoms with Crippen molar-refractivity contribution < 1.29 is 4.79 Å². The van der Waals surface area contributed by atoms with Gasteiger partial charge in [-0.3, -0.25) is 0 Å². The van der Waals surface area contributed by atoms with E-state index in [-0.39, 0.29) is 17.0 Å². The summed E-state index contributed by atoms with van der Waals surface area (Å²) in [7, 11) is 0. The number of amides is 2. The first-order valence-corrected chi connectivity index (χ1v) is 7.03. The number of benzene rings is 1. The van der Waals surface area contributed by atoms with Gasteiger partial charge in [0.05, 0.1) is 0 Å². The summed E-state index contributed by atoms with van der Waals surface area (Å²) >= 11 is 0. The summed E-state index contributed by atoms with van der Waals surface area (Å²) in [6, 6.07) is 10.4. The van der Waals surface area contributed by atoms with Crippen LogP contribution in [-0.2, 0) is 5.41 Å². The molecule has 1 aliphatic carbocycles. The van der Waals surface area contributed by atoms with Crippen LogP contribution in [0.2, 0.25) is 0 Å². The summed E-state index contributed by atoms with van der Waals surface area (Å²) in [6.07, 6.45) is 3.57. The van der Waals surface area contributed by atoms with E-state index in [1.165, 1.54) is 12.0 Å². The Hall–Kier alpha value is -1.51. The van der Waals surface area contributed by atoms with Crippen LogP contribution in [0.15, 0.2) is 30.3 Å². The van der Waals surface area contributed by atoms with E-state index in [2.05, 4.69) is 34.9 Å². The van der Waals surface area contributed by atoms with E-state index in [0.717, 1.165) is 19.4 Å². The first-order valence-electron chi connectivity index (χ1n) is 7.03. The highest BCUT2D eigenvalue weighted by molar-refractivity contribution is 5.74. The first-order chi connectivity index (χ1) is 8.91. The highest BCUT2D eigenvalue weighted by atomic mass is 16.2. The van der Waals surface area contributed by atoms with Crippen LogP contribution in [0.25, 0.3) is 0 Å². The van der Waals surface area contributed by atoms with Crippen molar-refractivity contribution >= 4 is 6.03 Å². The summed E-state index contributed by atoms with van der Waals surface area (Å²) < 4.78 is 0. The van der Waals surface area contributed by atoms with E-state index < -0.39 is 0 Å². The molecule has 0 bridgehead atoms. The van der Waals surface area contributed by atoms with Gasteiger partial charge in [-0.05, 0) is 39.2 Å². The molecule has 0 atom stereocenters. The number of hydrogen-bond donors (Lipinski definition) is 2. The standard InChI is InChI=1S/C16H24N2O/c1-15(2,3)18-14(19)17-12-16(10-7-11-16)13-8-5-4-6-9-13/h4-6,8-9H,7,10-12H2,1-3H3,(H2,17,18,19). The Bertz CT molecular complexity index is 430. The molecule has 0 spiro atoms. The van der Waals surface area contributed by atoms with Gasteiger partial charge in [-0.2, -0.15) is 0 Å². The van der Waals surface area contributed by atoms with Gasteiger partial charge in [-0.1, -0.05) is 36.8 Å². The second-order valence-electron chi connectivity index (χ2n) is 6.56. The third kappa shape index (κ3) is 3.49. The maximum absolute atomic E-state index is 11.9. The average Bonchev–Trinajstić information content (AvgIpc) is 2.26. The van der Waals surface area contributed by atoms with Crippen LogP contribution in [0.3, 0.4) is 0 Å². The average molecular weight is 260 g/mol. The lowest BCUT2D eigenvalue weighted by molar-refractivity contribution is 0.209. The summed E-state index contributed by atoms with van der Waals surface area (Å²) in [5, 5.41) is 5.97. The van der Waals surface area contributed by atoms with Crippen LogP contribution in [0.4, 0.5) is 4.79 Å². The molecule has 1 aromatic carbocycles. The molecule has 0 aromatic heterocycles. The van der Waals surface area contributed by atoms with E-state index in [0.29, 0.717) is 0 Å². The fourth-order valence-corrected chi connectivity index (χ4v) is 2.60. The molecule has 104 valence electrons. The summed E-state index contributed by atoms with van der Waals surface area (Å²) in [6.45, 7) is 6.69. The summed E-state index contributed by atoms with van der Waals surface area (Å²) in [5.74, 6) is 0. The highest BCUT2D eigenvalue weighted by Gasteiger charge is 2.38. The largest absolute Gasteiger partial charge is 0.337 e. The summed E-state index contributed by atoms with van der Waals surface area (Å²) in [5.41, 5.74) is 1.30. The molecular weight excluding hydrogens is 236 g/mol. The molecule has 1 aromatic rings. The second-order valence-corrected chi connectivity index (χ2v) is 6.56. The maximum atomic E-state index is 11.9. The van der Waals surface area contributed by atoms with Crippen LogP contribution in [-0.4, -0.2) is 18.1 Å². The Labute approximate surface area is 115 Å². The lowest BCUT2D eigenvalue weighted by atomic mass is 9.64. The molecule has 0 heterocycles. The molecule has 1 saturated carbocycles. The monoisotopic (exact) mass is 260 g/mol. The molecule has 0 radical (unpaired) electrons. The fourth-order valence-electron chi connectivity index (χ4n) is 2.60. The zero-order valence-electron chi connectivity index (χ0n) is 12.1. The molecule has 0 saturated heterocycles. The van der Waals surface area contributed by atoms with Crippen molar-refractivity contribution in [3.8, 4) is 0 Å². The molecule has 1 aliphatic rings. The van der Waals surface area contributed by atoms with Gasteiger partial charge in [-0.15, -0.1) is 0 Å². The maximum Gasteiger partial charge on any atom is 0.315 e. The number of hydrogen-bond acceptors (Lipinski definition) is 1. The van der Waals surface area contributed by atoms with Crippen molar-refractivity contribution in [1.29, 1.82) is 0 Å². The third-order valence-corrected chi connectivity index (χ3v) is 3.77. The van der Waals surface area contributed by atoms with E-state index in [9.17, 15) is 4.79 Å². The number of rotatable bonds is 3. The SMILES string of the molecule is CC(C)(C)NC(=O)NCC1(c2ccccc2)CCC1. The minimum Gasteiger partial charge on any atom is -0.337 e. The minimum absolute atomic E-state index is 0.0743. The van der Waals surface area contributed by atoms with Crippen LogP contribution in [0.1, 0.15) is 45.6 Å². The first kappa shape index (κ1) is 13.9. The normalized spacial score (nSPS) is 17.4. The van der Waals surface area contributed by atoms with Crippen LogP contribution in [0, 0.1) is 0 Å². The number of nitrogens with one attached hydrogen (secondary N) is 2. The Balaban J connectivity index is 1.95. The van der Waals surface area contributed by atoms with Gasteiger partial charge in [0, 0.05) is 17.5 Å². The molecule has 2 N–H and O–H groups in total. The van der Waals surface area contributed by atoms with E-state index in [4.69, 9.17) is 0 Å². The molecule has 19 heavy (non-hydrogen) atoms. The van der Waals surface area contributed by atoms with Gasteiger partial charge in [0.1, 0.15) is 0 Å². The van der Waals surface area contributed by atoms with Crippen molar-refractivity contribution in [3.05, 3.63) is 35.9 Å². The quantitative estimate of drug-likeness (QED) is 0.861. The lowest BCUT2D eigenvalue weighted by Gasteiger charge is -2.42. The van der Waals surface area contributed by atoms with Crippen molar-refractivity contribution in [2.45, 2.75) is 51.0 Å². The molecule has 1 fully saturated rings. The Morgan fingerprint density at radius 1 is 1.21 bits per heavy atom. The van der Waals surface area contributed by atoms with E-state index in [1.807, 2.05) is 26.8 Å². The number of urea groups is 1. The molecule has 3 nitrogen and oxygen atoms in total. The van der Waals surface area contributed by atoms with E-state index >= 15 is 0 Å². The molecule has 2 rings (SSSR count). The highest BCUT2D eigenvalue weighted by Crippen LogP contribution is 2.43. The zero-order valence-corrected chi connectivity index (χ0v) is 12.1. The van der Waals surface area contributed by atoms with Crippen molar-refractivity contribution in [2.75, 3.05) is 6.54 Å². The van der Waals surface area contributed by atoms with Crippen molar-refractivity contribution in [2.24, 2.45) is 0 Å². The number of carbonyl (C=O) groups is 1. The van der Waals surface area contributed by atoms with Gasteiger partial charge in [0.15, 0.2) is 0 Å². The molecule has 2 amide bonds. The second kappa shape index (κ2) is 5.24. The Kier molecular flexibility index (Phi) is 3.83. The van der Waals surface area contributed by atoms with E-state index in [1.54, 1.807) is 0 Å². The van der Waals surface area contributed by atoms with Gasteiger partial charge in [0.25, 0.3) is 0 Å². The topological polar surface area (TPSA) is 41.1 Å². The van der Waals surface area contributed by atoms with Crippen molar-refractivity contribution in [3.63, 3.8) is 0 Å². The molecule has 0 aliphatic heterocycles. The Morgan fingerprint density at radius 2 is 1.84 bits per heavy atom. The number of carbonyl (C=O) groups excluding carboxylic acids is 1. The van der Waals surface area contributed by atoms with Gasteiger partial charge < -0.3 is 10.6 Å². The molecule has 3 heteroatoms. The predicted octanol–water partition coefficient (Wildman–Crippen LogP) is 3.21.